The van der Waals surface area contributed by atoms with Crippen LogP contribution in [0.3, 0.4) is 0 Å². The fraction of sp³-hybridized carbons (Fsp3) is 0.0769. The maximum Gasteiger partial charge on any atom is 0.147 e. The van der Waals surface area contributed by atoms with Crippen molar-refractivity contribution in [3.63, 3.8) is 0 Å². The van der Waals surface area contributed by atoms with Gasteiger partial charge in [0, 0.05) is 22.0 Å². The number of hydrogen-bond donors (Lipinski definition) is 0. The molecule has 0 aliphatic heterocycles. The highest BCUT2D eigenvalue weighted by atomic mass is 79.9. The monoisotopic (exact) mass is 330 g/mol. The number of ether oxygens (including phenoxy) is 1. The van der Waals surface area contributed by atoms with E-state index in [9.17, 15) is 0 Å². The molecule has 88 valence electrons. The molecule has 0 aromatic heterocycles. The Morgan fingerprint density at radius 1 is 1.00 bits per heavy atom. The minimum atomic E-state index is 0.541. The minimum Gasteiger partial charge on any atom is -0.455 e. The smallest absolute Gasteiger partial charge is 0.147 e. The number of rotatable bonds is 3. The molecular formula is C13H9BrCl2O. The van der Waals surface area contributed by atoms with Gasteiger partial charge in [-0.25, -0.2) is 0 Å². The molecule has 2 aromatic carbocycles. The fourth-order valence-electron chi connectivity index (χ4n) is 1.39. The lowest BCUT2D eigenvalue weighted by Gasteiger charge is -2.10. The first-order valence-corrected chi connectivity index (χ1v) is 6.85. The lowest BCUT2D eigenvalue weighted by atomic mass is 10.2. The molecule has 0 N–H and O–H groups in total. The van der Waals surface area contributed by atoms with E-state index in [1.165, 1.54) is 0 Å². The second kappa shape index (κ2) is 5.76. The quantitative estimate of drug-likeness (QED) is 0.657. The first kappa shape index (κ1) is 12.7. The normalized spacial score (nSPS) is 10.3. The zero-order valence-electron chi connectivity index (χ0n) is 8.79. The highest BCUT2D eigenvalue weighted by Gasteiger charge is 2.07. The van der Waals surface area contributed by atoms with E-state index in [0.717, 1.165) is 16.6 Å². The van der Waals surface area contributed by atoms with Crippen molar-refractivity contribution < 1.29 is 4.74 Å². The van der Waals surface area contributed by atoms with Gasteiger partial charge in [0.2, 0.25) is 0 Å². The summed E-state index contributed by atoms with van der Waals surface area (Å²) in [6, 6.07) is 12.9. The van der Waals surface area contributed by atoms with Crippen LogP contribution >= 0.6 is 39.1 Å². The Labute approximate surface area is 118 Å². The van der Waals surface area contributed by atoms with Crippen LogP contribution in [0, 0.1) is 0 Å². The van der Waals surface area contributed by atoms with Crippen molar-refractivity contribution in [2.45, 2.75) is 5.33 Å². The lowest BCUT2D eigenvalue weighted by molar-refractivity contribution is 0.479. The van der Waals surface area contributed by atoms with Gasteiger partial charge < -0.3 is 4.74 Å². The molecule has 0 radical (unpaired) electrons. The van der Waals surface area contributed by atoms with Crippen LogP contribution in [0.15, 0.2) is 42.5 Å². The molecule has 0 saturated heterocycles. The van der Waals surface area contributed by atoms with Crippen LogP contribution in [-0.4, -0.2) is 0 Å². The standard InChI is InChI=1S/C13H9BrCl2O/c14-8-9-3-1-2-4-12(9)17-13-7-10(15)5-6-11(13)16/h1-7H,8H2. The molecule has 0 heterocycles. The topological polar surface area (TPSA) is 9.23 Å². The summed E-state index contributed by atoms with van der Waals surface area (Å²) in [6.45, 7) is 0. The molecule has 0 spiro atoms. The number of para-hydroxylation sites is 1. The minimum absolute atomic E-state index is 0.541. The summed E-state index contributed by atoms with van der Waals surface area (Å²) in [5.74, 6) is 1.33. The Hall–Kier alpha value is -0.700. The summed E-state index contributed by atoms with van der Waals surface area (Å²) >= 11 is 15.4. The largest absolute Gasteiger partial charge is 0.455 e. The van der Waals surface area contributed by atoms with Crippen LogP contribution in [0.2, 0.25) is 10.0 Å². The fourth-order valence-corrected chi connectivity index (χ4v) is 2.17. The van der Waals surface area contributed by atoms with Crippen molar-refractivity contribution in [2.24, 2.45) is 0 Å². The van der Waals surface area contributed by atoms with Gasteiger partial charge in [0.15, 0.2) is 0 Å². The molecule has 2 rings (SSSR count). The summed E-state index contributed by atoms with van der Waals surface area (Å²) in [5.41, 5.74) is 1.06. The summed E-state index contributed by atoms with van der Waals surface area (Å²) in [4.78, 5) is 0. The highest BCUT2D eigenvalue weighted by Crippen LogP contribution is 2.33. The Morgan fingerprint density at radius 3 is 2.53 bits per heavy atom. The van der Waals surface area contributed by atoms with E-state index in [1.807, 2.05) is 24.3 Å². The van der Waals surface area contributed by atoms with Gasteiger partial charge in [-0.3, -0.25) is 0 Å². The van der Waals surface area contributed by atoms with Gasteiger partial charge in [-0.1, -0.05) is 57.3 Å². The third-order valence-electron chi connectivity index (χ3n) is 2.23. The van der Waals surface area contributed by atoms with Gasteiger partial charge in [0.05, 0.1) is 5.02 Å². The number of benzene rings is 2. The second-order valence-corrected chi connectivity index (χ2v) is 4.82. The van der Waals surface area contributed by atoms with Gasteiger partial charge in [0.25, 0.3) is 0 Å². The molecule has 0 aliphatic carbocycles. The summed E-state index contributed by atoms with van der Waals surface area (Å²) in [7, 11) is 0. The SMILES string of the molecule is Clc1ccc(Cl)c(Oc2ccccc2CBr)c1. The van der Waals surface area contributed by atoms with Crippen molar-refractivity contribution in [3.05, 3.63) is 58.1 Å². The molecule has 0 saturated carbocycles. The maximum absolute atomic E-state index is 6.05. The predicted octanol–water partition coefficient (Wildman–Crippen LogP) is 5.68. The van der Waals surface area contributed by atoms with Gasteiger partial charge in [-0.2, -0.15) is 0 Å². The molecule has 4 heteroatoms. The zero-order chi connectivity index (χ0) is 12.3. The highest BCUT2D eigenvalue weighted by molar-refractivity contribution is 9.08. The van der Waals surface area contributed by atoms with E-state index >= 15 is 0 Å². The third kappa shape index (κ3) is 3.15. The van der Waals surface area contributed by atoms with Crippen LogP contribution in [0.25, 0.3) is 0 Å². The average Bonchev–Trinajstić information content (AvgIpc) is 2.34. The first-order valence-electron chi connectivity index (χ1n) is 4.97. The van der Waals surface area contributed by atoms with Crippen LogP contribution in [0.5, 0.6) is 11.5 Å². The van der Waals surface area contributed by atoms with Crippen molar-refractivity contribution in [1.29, 1.82) is 0 Å². The van der Waals surface area contributed by atoms with E-state index in [0.29, 0.717) is 15.8 Å². The molecule has 0 atom stereocenters. The summed E-state index contributed by atoms with van der Waals surface area (Å²) in [5, 5.41) is 1.86. The van der Waals surface area contributed by atoms with Gasteiger partial charge in [0.1, 0.15) is 11.5 Å². The van der Waals surface area contributed by atoms with E-state index < -0.39 is 0 Å². The number of halogens is 3. The number of hydrogen-bond acceptors (Lipinski definition) is 1. The Bertz CT molecular complexity index is 529. The van der Waals surface area contributed by atoms with Crippen molar-refractivity contribution in [1.82, 2.24) is 0 Å². The lowest BCUT2D eigenvalue weighted by Crippen LogP contribution is -1.89. The van der Waals surface area contributed by atoms with Crippen LogP contribution < -0.4 is 4.74 Å². The van der Waals surface area contributed by atoms with Crippen molar-refractivity contribution in [2.75, 3.05) is 0 Å². The molecular weight excluding hydrogens is 323 g/mol. The van der Waals surface area contributed by atoms with Crippen LogP contribution in [0.1, 0.15) is 5.56 Å². The van der Waals surface area contributed by atoms with E-state index in [4.69, 9.17) is 27.9 Å². The van der Waals surface area contributed by atoms with E-state index in [-0.39, 0.29) is 0 Å². The van der Waals surface area contributed by atoms with Gasteiger partial charge >= 0.3 is 0 Å². The second-order valence-electron chi connectivity index (χ2n) is 3.42. The molecule has 17 heavy (non-hydrogen) atoms. The van der Waals surface area contributed by atoms with Crippen molar-refractivity contribution in [3.8, 4) is 11.5 Å². The summed E-state index contributed by atoms with van der Waals surface area (Å²) < 4.78 is 5.77. The maximum atomic E-state index is 6.05. The predicted molar refractivity (Wildman–Crippen MR) is 75.6 cm³/mol. The Morgan fingerprint density at radius 2 is 1.76 bits per heavy atom. The van der Waals surface area contributed by atoms with Crippen molar-refractivity contribution >= 4 is 39.1 Å². The molecule has 0 aliphatic rings. The average molecular weight is 332 g/mol. The van der Waals surface area contributed by atoms with Crippen LogP contribution in [0.4, 0.5) is 0 Å². The zero-order valence-corrected chi connectivity index (χ0v) is 11.9. The molecule has 1 nitrogen and oxygen atoms in total. The number of alkyl halides is 1. The molecule has 0 amide bonds. The molecule has 0 fully saturated rings. The Kier molecular flexibility index (Phi) is 4.32. The summed E-state index contributed by atoms with van der Waals surface area (Å²) in [6.07, 6.45) is 0. The molecule has 0 bridgehead atoms. The molecule has 0 unspecified atom stereocenters. The van der Waals surface area contributed by atoms with E-state index in [1.54, 1.807) is 18.2 Å². The van der Waals surface area contributed by atoms with Gasteiger partial charge in [-0.15, -0.1) is 0 Å². The van der Waals surface area contributed by atoms with E-state index in [2.05, 4.69) is 15.9 Å². The van der Waals surface area contributed by atoms with Crippen LogP contribution in [-0.2, 0) is 5.33 Å². The first-order chi connectivity index (χ1) is 8.20. The van der Waals surface area contributed by atoms with Gasteiger partial charge in [-0.05, 0) is 18.2 Å². The Balaban J connectivity index is 2.34. The third-order valence-corrected chi connectivity index (χ3v) is 3.38. The molecule has 2 aromatic rings.